The van der Waals surface area contributed by atoms with E-state index >= 15 is 0 Å². The highest BCUT2D eigenvalue weighted by atomic mass is 79.9. The van der Waals surface area contributed by atoms with Crippen molar-refractivity contribution in [3.8, 4) is 0 Å². The number of hydrogen-bond donors (Lipinski definition) is 1. The molecule has 0 bridgehead atoms. The van der Waals surface area contributed by atoms with E-state index in [-0.39, 0.29) is 0 Å². The maximum Gasteiger partial charge on any atom is 0.170 e. The normalized spacial score (nSPS) is 10.9. The molecule has 3 rings (SSSR count). The Morgan fingerprint density at radius 1 is 1.22 bits per heavy atom. The van der Waals surface area contributed by atoms with Gasteiger partial charge >= 0.3 is 0 Å². The van der Waals surface area contributed by atoms with Crippen LogP contribution in [0.15, 0.2) is 57.3 Å². The molecule has 0 saturated heterocycles. The van der Waals surface area contributed by atoms with Crippen LogP contribution in [-0.4, -0.2) is 14.4 Å². The first kappa shape index (κ1) is 11.6. The smallest absolute Gasteiger partial charge is 0.170 e. The molecule has 3 aromatic rings. The highest BCUT2D eigenvalue weighted by molar-refractivity contribution is 9.10. The van der Waals surface area contributed by atoms with Crippen molar-refractivity contribution in [1.29, 1.82) is 0 Å². The van der Waals surface area contributed by atoms with Crippen molar-refractivity contribution < 1.29 is 0 Å². The summed E-state index contributed by atoms with van der Waals surface area (Å²) in [7, 11) is 0. The average molecular weight is 321 g/mol. The van der Waals surface area contributed by atoms with Crippen LogP contribution < -0.4 is 5.73 Å². The maximum absolute atomic E-state index is 5.78. The van der Waals surface area contributed by atoms with Crippen LogP contribution in [0.25, 0.3) is 5.65 Å². The Kier molecular flexibility index (Phi) is 2.97. The van der Waals surface area contributed by atoms with E-state index in [2.05, 4.69) is 25.9 Å². The van der Waals surface area contributed by atoms with Crippen LogP contribution in [0.2, 0.25) is 0 Å². The summed E-state index contributed by atoms with van der Waals surface area (Å²) in [6, 6.07) is 8.05. The van der Waals surface area contributed by atoms with Gasteiger partial charge in [-0.1, -0.05) is 27.7 Å². The lowest BCUT2D eigenvalue weighted by Crippen LogP contribution is -1.97. The summed E-state index contributed by atoms with van der Waals surface area (Å²) in [5.74, 6) is 0.486. The molecular formula is C12H9BrN4S. The molecule has 0 aliphatic heterocycles. The van der Waals surface area contributed by atoms with E-state index in [4.69, 9.17) is 5.73 Å². The number of imidazole rings is 1. The molecule has 0 fully saturated rings. The van der Waals surface area contributed by atoms with E-state index in [9.17, 15) is 0 Å². The van der Waals surface area contributed by atoms with Gasteiger partial charge in [-0.3, -0.25) is 0 Å². The highest BCUT2D eigenvalue weighted by Gasteiger charge is 2.08. The number of nitrogens with two attached hydrogens (primary N) is 1. The van der Waals surface area contributed by atoms with Crippen LogP contribution in [0.1, 0.15) is 0 Å². The summed E-state index contributed by atoms with van der Waals surface area (Å²) < 4.78 is 2.93. The zero-order valence-electron chi connectivity index (χ0n) is 9.25. The number of hydrogen-bond acceptors (Lipinski definition) is 4. The molecule has 2 heterocycles. The second-order valence-electron chi connectivity index (χ2n) is 3.69. The number of aromatic nitrogens is 3. The van der Waals surface area contributed by atoms with E-state index in [0.29, 0.717) is 5.82 Å². The third-order valence-corrected chi connectivity index (χ3v) is 3.89. The molecule has 0 aliphatic carbocycles. The number of nitrogens with zero attached hydrogens (tertiary/aromatic N) is 3. The SMILES string of the molecule is Nc1cn2ccnc2c(Sc2ccc(Br)cc2)n1. The van der Waals surface area contributed by atoms with Crippen molar-refractivity contribution in [3.63, 3.8) is 0 Å². The van der Waals surface area contributed by atoms with Crippen LogP contribution in [-0.2, 0) is 0 Å². The first-order valence-corrected chi connectivity index (χ1v) is 6.86. The predicted octanol–water partition coefficient (Wildman–Crippen LogP) is 3.23. The molecule has 4 nitrogen and oxygen atoms in total. The Labute approximate surface area is 116 Å². The number of benzene rings is 1. The van der Waals surface area contributed by atoms with Gasteiger partial charge in [0, 0.05) is 21.8 Å². The van der Waals surface area contributed by atoms with Gasteiger partial charge in [0.15, 0.2) is 5.65 Å². The van der Waals surface area contributed by atoms with E-state index < -0.39 is 0 Å². The molecule has 1 aromatic carbocycles. The van der Waals surface area contributed by atoms with Crippen LogP contribution in [0.4, 0.5) is 5.82 Å². The summed E-state index contributed by atoms with van der Waals surface area (Å²) in [4.78, 5) is 9.72. The molecule has 0 atom stereocenters. The third kappa shape index (κ3) is 2.21. The van der Waals surface area contributed by atoms with Gasteiger partial charge in [0.2, 0.25) is 0 Å². The first-order chi connectivity index (χ1) is 8.72. The summed E-state index contributed by atoms with van der Waals surface area (Å²) in [5, 5.41) is 0.808. The minimum Gasteiger partial charge on any atom is -0.382 e. The molecule has 2 N–H and O–H groups in total. The topological polar surface area (TPSA) is 56.2 Å². The monoisotopic (exact) mass is 320 g/mol. The standard InChI is InChI=1S/C12H9BrN4S/c13-8-1-3-9(4-2-8)18-12-11-15-5-6-17(11)7-10(14)16-12/h1-7H,14H2. The largest absolute Gasteiger partial charge is 0.382 e. The molecule has 90 valence electrons. The van der Waals surface area contributed by atoms with Crippen LogP contribution in [0.5, 0.6) is 0 Å². The zero-order valence-corrected chi connectivity index (χ0v) is 11.6. The number of rotatable bonds is 2. The molecule has 0 unspecified atom stereocenters. The number of halogens is 1. The number of nitrogen functional groups attached to an aromatic ring is 1. The second kappa shape index (κ2) is 4.62. The molecule has 2 aromatic heterocycles. The maximum atomic E-state index is 5.78. The minimum absolute atomic E-state index is 0.486. The minimum atomic E-state index is 0.486. The Bertz CT molecular complexity index is 693. The Balaban J connectivity index is 2.03. The van der Waals surface area contributed by atoms with Crippen molar-refractivity contribution >= 4 is 39.2 Å². The van der Waals surface area contributed by atoms with Crippen molar-refractivity contribution in [2.75, 3.05) is 5.73 Å². The fourth-order valence-electron chi connectivity index (χ4n) is 1.60. The second-order valence-corrected chi connectivity index (χ2v) is 5.66. The molecule has 0 spiro atoms. The van der Waals surface area contributed by atoms with Crippen molar-refractivity contribution in [2.24, 2.45) is 0 Å². The molecule has 0 saturated carbocycles. The van der Waals surface area contributed by atoms with Gasteiger partial charge in [-0.2, -0.15) is 0 Å². The van der Waals surface area contributed by atoms with Gasteiger partial charge in [-0.25, -0.2) is 9.97 Å². The molecule has 0 aliphatic rings. The lowest BCUT2D eigenvalue weighted by Gasteiger charge is -2.04. The molecule has 18 heavy (non-hydrogen) atoms. The molecular weight excluding hydrogens is 312 g/mol. The Hall–Kier alpha value is -1.53. The fraction of sp³-hybridized carbons (Fsp3) is 0. The first-order valence-electron chi connectivity index (χ1n) is 5.25. The van der Waals surface area contributed by atoms with Crippen molar-refractivity contribution in [2.45, 2.75) is 9.92 Å². The molecule has 0 radical (unpaired) electrons. The number of anilines is 1. The summed E-state index contributed by atoms with van der Waals surface area (Å²) in [5.41, 5.74) is 6.60. The lowest BCUT2D eigenvalue weighted by atomic mass is 10.4. The van der Waals surface area contributed by atoms with Gasteiger partial charge in [0.05, 0.1) is 6.20 Å². The summed E-state index contributed by atoms with van der Waals surface area (Å²) in [6.07, 6.45) is 5.36. The third-order valence-electron chi connectivity index (χ3n) is 2.39. The van der Waals surface area contributed by atoms with Gasteiger partial charge in [-0.05, 0) is 24.3 Å². The van der Waals surface area contributed by atoms with Crippen molar-refractivity contribution in [1.82, 2.24) is 14.4 Å². The quantitative estimate of drug-likeness (QED) is 0.787. The van der Waals surface area contributed by atoms with Crippen molar-refractivity contribution in [3.05, 3.63) is 47.3 Å². The van der Waals surface area contributed by atoms with E-state index in [1.807, 2.05) is 34.9 Å². The van der Waals surface area contributed by atoms with E-state index in [1.165, 1.54) is 0 Å². The van der Waals surface area contributed by atoms with Gasteiger partial charge < -0.3 is 10.1 Å². The van der Waals surface area contributed by atoms with Gasteiger partial charge in [-0.15, -0.1) is 0 Å². The number of fused-ring (bicyclic) bond motifs is 1. The van der Waals surface area contributed by atoms with Gasteiger partial charge in [0.1, 0.15) is 10.8 Å². The Morgan fingerprint density at radius 3 is 2.78 bits per heavy atom. The van der Waals surface area contributed by atoms with Crippen LogP contribution in [0.3, 0.4) is 0 Å². The van der Waals surface area contributed by atoms with E-state index in [0.717, 1.165) is 20.0 Å². The highest BCUT2D eigenvalue weighted by Crippen LogP contribution is 2.30. The average Bonchev–Trinajstić information content (AvgIpc) is 2.80. The summed E-state index contributed by atoms with van der Waals surface area (Å²) in [6.45, 7) is 0. The fourth-order valence-corrected chi connectivity index (χ4v) is 2.76. The lowest BCUT2D eigenvalue weighted by molar-refractivity contribution is 1.04. The summed E-state index contributed by atoms with van der Waals surface area (Å²) >= 11 is 4.96. The van der Waals surface area contributed by atoms with E-state index in [1.54, 1.807) is 24.2 Å². The molecule has 0 amide bonds. The van der Waals surface area contributed by atoms with Gasteiger partial charge in [0.25, 0.3) is 0 Å². The van der Waals surface area contributed by atoms with Crippen LogP contribution >= 0.6 is 27.7 Å². The zero-order chi connectivity index (χ0) is 12.5. The predicted molar refractivity (Wildman–Crippen MR) is 75.7 cm³/mol. The Morgan fingerprint density at radius 2 is 2.00 bits per heavy atom. The molecule has 6 heteroatoms. The van der Waals surface area contributed by atoms with Crippen LogP contribution in [0, 0.1) is 0 Å².